The van der Waals surface area contributed by atoms with Crippen molar-refractivity contribution >= 4 is 45.2 Å². The van der Waals surface area contributed by atoms with Crippen LogP contribution in [0.5, 0.6) is 0 Å². The molecule has 0 bridgehead atoms. The van der Waals surface area contributed by atoms with Crippen molar-refractivity contribution < 1.29 is 8.81 Å². The Morgan fingerprint density at radius 3 is 2.81 bits per heavy atom. The third-order valence-electron chi connectivity index (χ3n) is 3.48. The fourth-order valence-electron chi connectivity index (χ4n) is 2.47. The van der Waals surface area contributed by atoms with E-state index >= 15 is 0 Å². The Morgan fingerprint density at radius 1 is 1.43 bits per heavy atom. The number of hydrogen-bond acceptors (Lipinski definition) is 2. The van der Waals surface area contributed by atoms with Crippen molar-refractivity contribution in [1.82, 2.24) is 9.55 Å². The Labute approximate surface area is 140 Å². The van der Waals surface area contributed by atoms with E-state index in [0.717, 1.165) is 22.6 Å². The average molecular weight is 419 g/mol. The van der Waals surface area contributed by atoms with Crippen molar-refractivity contribution in [2.24, 2.45) is 0 Å². The van der Waals surface area contributed by atoms with Gasteiger partial charge in [-0.1, -0.05) is 0 Å². The molecule has 2 aromatic heterocycles. The van der Waals surface area contributed by atoms with Crippen molar-refractivity contribution in [2.45, 2.75) is 25.8 Å². The normalized spacial score (nSPS) is 13.0. The Bertz CT molecular complexity index is 811. The Kier molecular flexibility index (Phi) is 3.96. The number of fused-ring (bicyclic) bond motifs is 1. The highest BCUT2D eigenvalue weighted by molar-refractivity contribution is 14.1. The molecule has 0 N–H and O–H groups in total. The molecule has 6 heteroatoms. The molecule has 0 saturated carbocycles. The van der Waals surface area contributed by atoms with Crippen LogP contribution in [0.2, 0.25) is 0 Å². The van der Waals surface area contributed by atoms with Crippen LogP contribution >= 0.6 is 34.2 Å². The van der Waals surface area contributed by atoms with Crippen LogP contribution in [0.25, 0.3) is 11.0 Å². The second-order valence-electron chi connectivity index (χ2n) is 4.91. The first-order valence-electron chi connectivity index (χ1n) is 6.49. The number of benzene rings is 1. The van der Waals surface area contributed by atoms with E-state index in [-0.39, 0.29) is 17.7 Å². The zero-order valence-corrected chi connectivity index (χ0v) is 14.4. The summed E-state index contributed by atoms with van der Waals surface area (Å²) in [4.78, 5) is 4.50. The standard InChI is InChI=1S/C15H13ClFIN2O/c1-8-3-4-14(21-8)9(2)20-13-5-10(17)11(18)6-12(13)19-15(20)7-16/h3-6,9H,7H2,1-2H3. The predicted molar refractivity (Wildman–Crippen MR) is 89.2 cm³/mol. The molecule has 3 rings (SSSR count). The molecule has 0 aliphatic rings. The lowest BCUT2D eigenvalue weighted by Gasteiger charge is -2.15. The van der Waals surface area contributed by atoms with E-state index in [1.54, 1.807) is 6.07 Å². The highest BCUT2D eigenvalue weighted by atomic mass is 127. The van der Waals surface area contributed by atoms with Gasteiger partial charge in [-0.15, -0.1) is 11.6 Å². The summed E-state index contributed by atoms with van der Waals surface area (Å²) < 4.78 is 22.1. The largest absolute Gasteiger partial charge is 0.464 e. The molecule has 110 valence electrons. The van der Waals surface area contributed by atoms with Gasteiger partial charge in [-0.05, 0) is 54.6 Å². The van der Waals surface area contributed by atoms with E-state index in [1.807, 2.05) is 53.1 Å². The zero-order chi connectivity index (χ0) is 15.1. The molecule has 1 atom stereocenters. The quantitative estimate of drug-likeness (QED) is 0.441. The molecular formula is C15H13ClFIN2O. The van der Waals surface area contributed by atoms with E-state index in [9.17, 15) is 4.39 Å². The number of furan rings is 1. The lowest BCUT2D eigenvalue weighted by Crippen LogP contribution is -2.09. The molecule has 0 aliphatic heterocycles. The first kappa shape index (κ1) is 14.8. The molecule has 2 heterocycles. The van der Waals surface area contributed by atoms with Crippen LogP contribution in [0.1, 0.15) is 30.3 Å². The Balaban J connectivity index is 2.22. The molecule has 0 saturated heterocycles. The number of rotatable bonds is 3. The molecule has 0 aliphatic carbocycles. The van der Waals surface area contributed by atoms with Crippen LogP contribution in [-0.2, 0) is 5.88 Å². The lowest BCUT2D eigenvalue weighted by molar-refractivity contribution is 0.429. The first-order chi connectivity index (χ1) is 10.0. The van der Waals surface area contributed by atoms with Crippen LogP contribution in [0.4, 0.5) is 4.39 Å². The Hall–Kier alpha value is -1.08. The first-order valence-corrected chi connectivity index (χ1v) is 8.10. The summed E-state index contributed by atoms with van der Waals surface area (Å²) in [7, 11) is 0. The van der Waals surface area contributed by atoms with E-state index in [4.69, 9.17) is 16.0 Å². The van der Waals surface area contributed by atoms with Crippen LogP contribution in [0.15, 0.2) is 28.7 Å². The van der Waals surface area contributed by atoms with E-state index in [0.29, 0.717) is 9.39 Å². The highest BCUT2D eigenvalue weighted by Crippen LogP contribution is 2.29. The Morgan fingerprint density at radius 2 is 2.19 bits per heavy atom. The second kappa shape index (κ2) is 5.61. The van der Waals surface area contributed by atoms with Gasteiger partial charge in [-0.3, -0.25) is 0 Å². The van der Waals surface area contributed by atoms with Crippen LogP contribution in [0.3, 0.4) is 0 Å². The van der Waals surface area contributed by atoms with Gasteiger partial charge >= 0.3 is 0 Å². The molecule has 0 spiro atoms. The monoisotopic (exact) mass is 418 g/mol. The van der Waals surface area contributed by atoms with Gasteiger partial charge in [0.05, 0.1) is 26.5 Å². The lowest BCUT2D eigenvalue weighted by atomic mass is 10.2. The summed E-state index contributed by atoms with van der Waals surface area (Å²) in [5.74, 6) is 2.35. The number of nitrogens with zero attached hydrogens (tertiary/aromatic N) is 2. The van der Waals surface area contributed by atoms with Gasteiger partial charge in [-0.2, -0.15) is 0 Å². The van der Waals surface area contributed by atoms with E-state index < -0.39 is 0 Å². The molecule has 0 fully saturated rings. The summed E-state index contributed by atoms with van der Waals surface area (Å²) in [5.41, 5.74) is 1.47. The number of hydrogen-bond donors (Lipinski definition) is 0. The number of halogens is 3. The topological polar surface area (TPSA) is 31.0 Å². The molecule has 1 unspecified atom stereocenters. The van der Waals surface area contributed by atoms with Gasteiger partial charge in [0.25, 0.3) is 0 Å². The van der Waals surface area contributed by atoms with Crippen LogP contribution in [0, 0.1) is 16.3 Å². The fraction of sp³-hybridized carbons (Fsp3) is 0.267. The third-order valence-corrected chi connectivity index (χ3v) is 4.55. The minimum absolute atomic E-state index is 0.100. The van der Waals surface area contributed by atoms with Crippen LogP contribution < -0.4 is 0 Å². The maximum absolute atomic E-state index is 13.9. The fourth-order valence-corrected chi connectivity index (χ4v) is 3.11. The molecule has 0 radical (unpaired) electrons. The summed E-state index contributed by atoms with van der Waals surface area (Å²) in [5, 5.41) is 0. The van der Waals surface area contributed by atoms with Gasteiger partial charge in [0.1, 0.15) is 23.2 Å². The zero-order valence-electron chi connectivity index (χ0n) is 11.5. The van der Waals surface area contributed by atoms with Gasteiger partial charge in [-0.25, -0.2) is 9.37 Å². The van der Waals surface area contributed by atoms with Crippen molar-refractivity contribution in [2.75, 3.05) is 0 Å². The highest BCUT2D eigenvalue weighted by Gasteiger charge is 2.20. The molecule has 1 aromatic carbocycles. The van der Waals surface area contributed by atoms with Crippen LogP contribution in [-0.4, -0.2) is 9.55 Å². The number of aryl methyl sites for hydroxylation is 1. The molecule has 21 heavy (non-hydrogen) atoms. The van der Waals surface area contributed by atoms with Crippen molar-refractivity contribution in [1.29, 1.82) is 0 Å². The SMILES string of the molecule is Cc1ccc(C(C)n2c(CCl)nc3cc(I)c(F)cc32)o1. The summed E-state index contributed by atoms with van der Waals surface area (Å²) in [6.07, 6.45) is 0. The third kappa shape index (κ3) is 2.57. The average Bonchev–Trinajstić information content (AvgIpc) is 3.02. The van der Waals surface area contributed by atoms with E-state index in [2.05, 4.69) is 4.98 Å². The maximum atomic E-state index is 13.9. The van der Waals surface area contributed by atoms with Crippen molar-refractivity contribution in [3.8, 4) is 0 Å². The number of imidazole rings is 1. The molecule has 3 nitrogen and oxygen atoms in total. The van der Waals surface area contributed by atoms with E-state index in [1.165, 1.54) is 6.07 Å². The summed E-state index contributed by atoms with van der Waals surface area (Å²) >= 11 is 7.97. The summed E-state index contributed by atoms with van der Waals surface area (Å²) in [6, 6.07) is 6.98. The summed E-state index contributed by atoms with van der Waals surface area (Å²) in [6.45, 7) is 3.89. The smallest absolute Gasteiger partial charge is 0.138 e. The minimum Gasteiger partial charge on any atom is -0.464 e. The molecule has 0 amide bonds. The number of aromatic nitrogens is 2. The van der Waals surface area contributed by atoms with Gasteiger partial charge in [0, 0.05) is 6.07 Å². The molecular weight excluding hydrogens is 406 g/mol. The van der Waals surface area contributed by atoms with Crippen molar-refractivity contribution in [3.05, 3.63) is 51.0 Å². The van der Waals surface area contributed by atoms with Gasteiger partial charge in [0.15, 0.2) is 0 Å². The van der Waals surface area contributed by atoms with Crippen molar-refractivity contribution in [3.63, 3.8) is 0 Å². The molecule has 3 aromatic rings. The van der Waals surface area contributed by atoms with Gasteiger partial charge in [0.2, 0.25) is 0 Å². The number of alkyl halides is 1. The minimum atomic E-state index is -0.256. The maximum Gasteiger partial charge on any atom is 0.138 e. The van der Waals surface area contributed by atoms with Gasteiger partial charge < -0.3 is 8.98 Å². The predicted octanol–water partition coefficient (Wildman–Crippen LogP) is 5.03. The second-order valence-corrected chi connectivity index (χ2v) is 6.34.